The van der Waals surface area contributed by atoms with Gasteiger partial charge in [0.2, 0.25) is 0 Å². The SMILES string of the molecule is COc1cccc(OC)c1C(=O)Oc1ccc(/C=C/C(=O)c2ccc(Br)cc2)cc1. The van der Waals surface area contributed by atoms with Gasteiger partial charge in [0.15, 0.2) is 5.78 Å². The molecule has 0 bridgehead atoms. The van der Waals surface area contributed by atoms with Crippen LogP contribution >= 0.6 is 15.9 Å². The fourth-order valence-corrected chi connectivity index (χ4v) is 3.00. The number of hydrogen-bond acceptors (Lipinski definition) is 5. The van der Waals surface area contributed by atoms with Crippen LogP contribution in [0.4, 0.5) is 0 Å². The first-order valence-electron chi connectivity index (χ1n) is 9.03. The van der Waals surface area contributed by atoms with Gasteiger partial charge in [-0.3, -0.25) is 4.79 Å². The van der Waals surface area contributed by atoms with E-state index in [1.807, 2.05) is 12.1 Å². The van der Waals surface area contributed by atoms with Gasteiger partial charge < -0.3 is 14.2 Å². The minimum Gasteiger partial charge on any atom is -0.496 e. The molecule has 0 aliphatic carbocycles. The number of carbonyl (C=O) groups excluding carboxylic acids is 2. The molecule has 0 saturated carbocycles. The van der Waals surface area contributed by atoms with Crippen molar-refractivity contribution in [2.75, 3.05) is 14.2 Å². The van der Waals surface area contributed by atoms with Crippen molar-refractivity contribution in [3.05, 3.63) is 94.0 Å². The van der Waals surface area contributed by atoms with Crippen molar-refractivity contribution in [3.8, 4) is 17.2 Å². The molecule has 152 valence electrons. The molecule has 0 atom stereocenters. The van der Waals surface area contributed by atoms with Crippen molar-refractivity contribution in [1.29, 1.82) is 0 Å². The summed E-state index contributed by atoms with van der Waals surface area (Å²) in [5, 5.41) is 0. The van der Waals surface area contributed by atoms with Gasteiger partial charge in [0.25, 0.3) is 0 Å². The quantitative estimate of drug-likeness (QED) is 0.197. The molecule has 0 unspecified atom stereocenters. The molecule has 0 aliphatic rings. The van der Waals surface area contributed by atoms with Gasteiger partial charge in [0, 0.05) is 10.0 Å². The topological polar surface area (TPSA) is 61.8 Å². The number of ether oxygens (including phenoxy) is 3. The van der Waals surface area contributed by atoms with Gasteiger partial charge in [0.05, 0.1) is 14.2 Å². The van der Waals surface area contributed by atoms with Crippen LogP contribution in [0.25, 0.3) is 6.08 Å². The number of methoxy groups -OCH3 is 2. The van der Waals surface area contributed by atoms with Crippen LogP contribution in [0.2, 0.25) is 0 Å². The molecule has 6 heteroatoms. The average Bonchev–Trinajstić information content (AvgIpc) is 2.78. The van der Waals surface area contributed by atoms with E-state index in [9.17, 15) is 9.59 Å². The number of esters is 1. The van der Waals surface area contributed by atoms with Gasteiger partial charge in [-0.15, -0.1) is 0 Å². The average molecular weight is 467 g/mol. The highest BCUT2D eigenvalue weighted by molar-refractivity contribution is 9.10. The summed E-state index contributed by atoms with van der Waals surface area (Å²) >= 11 is 3.35. The summed E-state index contributed by atoms with van der Waals surface area (Å²) in [4.78, 5) is 24.8. The molecule has 0 aliphatic heterocycles. The Labute approximate surface area is 183 Å². The predicted octanol–water partition coefficient (Wildman–Crippen LogP) is 5.58. The van der Waals surface area contributed by atoms with E-state index in [-0.39, 0.29) is 11.3 Å². The van der Waals surface area contributed by atoms with E-state index in [0.29, 0.717) is 22.8 Å². The van der Waals surface area contributed by atoms with Crippen molar-refractivity contribution >= 4 is 33.8 Å². The van der Waals surface area contributed by atoms with Crippen molar-refractivity contribution in [2.45, 2.75) is 0 Å². The summed E-state index contributed by atoms with van der Waals surface area (Å²) in [5.41, 5.74) is 1.62. The number of ketones is 1. The molecule has 3 rings (SSSR count). The van der Waals surface area contributed by atoms with Crippen LogP contribution in [-0.4, -0.2) is 26.0 Å². The Morgan fingerprint density at radius 3 is 2.00 bits per heavy atom. The summed E-state index contributed by atoms with van der Waals surface area (Å²) < 4.78 is 16.8. The van der Waals surface area contributed by atoms with Gasteiger partial charge >= 0.3 is 5.97 Å². The fraction of sp³-hybridized carbons (Fsp3) is 0.0833. The lowest BCUT2D eigenvalue weighted by Crippen LogP contribution is -2.11. The third-order valence-electron chi connectivity index (χ3n) is 4.28. The van der Waals surface area contributed by atoms with Gasteiger partial charge in [0.1, 0.15) is 22.8 Å². The van der Waals surface area contributed by atoms with E-state index in [2.05, 4.69) is 15.9 Å². The van der Waals surface area contributed by atoms with Gasteiger partial charge in [-0.2, -0.15) is 0 Å². The number of hydrogen-bond donors (Lipinski definition) is 0. The Morgan fingerprint density at radius 1 is 0.833 bits per heavy atom. The molecule has 0 radical (unpaired) electrons. The Kier molecular flexibility index (Phi) is 7.03. The number of halogens is 1. The fourth-order valence-electron chi connectivity index (χ4n) is 2.74. The third-order valence-corrected chi connectivity index (χ3v) is 4.81. The number of allylic oxidation sites excluding steroid dienone is 1. The maximum atomic E-state index is 12.6. The highest BCUT2D eigenvalue weighted by atomic mass is 79.9. The monoisotopic (exact) mass is 466 g/mol. The number of benzene rings is 3. The van der Waals surface area contributed by atoms with Crippen molar-refractivity contribution < 1.29 is 23.8 Å². The number of carbonyl (C=O) groups is 2. The van der Waals surface area contributed by atoms with Gasteiger partial charge in [-0.05, 0) is 60.2 Å². The predicted molar refractivity (Wildman–Crippen MR) is 118 cm³/mol. The number of rotatable bonds is 7. The molecule has 0 aromatic heterocycles. The highest BCUT2D eigenvalue weighted by Crippen LogP contribution is 2.29. The molecule has 30 heavy (non-hydrogen) atoms. The summed E-state index contributed by atoms with van der Waals surface area (Å²) in [6.45, 7) is 0. The summed E-state index contributed by atoms with van der Waals surface area (Å²) in [5.74, 6) is 0.416. The maximum Gasteiger partial charge on any atom is 0.351 e. The van der Waals surface area contributed by atoms with Crippen LogP contribution in [0.1, 0.15) is 26.3 Å². The van der Waals surface area contributed by atoms with Crippen molar-refractivity contribution in [3.63, 3.8) is 0 Å². The zero-order chi connectivity index (χ0) is 21.5. The molecule has 3 aromatic rings. The van der Waals surface area contributed by atoms with E-state index >= 15 is 0 Å². The van der Waals surface area contributed by atoms with Crippen LogP contribution < -0.4 is 14.2 Å². The van der Waals surface area contributed by atoms with Crippen LogP contribution in [0.3, 0.4) is 0 Å². The zero-order valence-corrected chi connectivity index (χ0v) is 18.0. The molecule has 0 spiro atoms. The molecular formula is C24H19BrO5. The molecule has 0 saturated heterocycles. The Balaban J connectivity index is 1.70. The van der Waals surface area contributed by atoms with Crippen LogP contribution in [0, 0.1) is 0 Å². The van der Waals surface area contributed by atoms with E-state index in [1.165, 1.54) is 20.3 Å². The lowest BCUT2D eigenvalue weighted by Gasteiger charge is -2.12. The second-order valence-corrected chi connectivity index (χ2v) is 7.12. The maximum absolute atomic E-state index is 12.6. The highest BCUT2D eigenvalue weighted by Gasteiger charge is 2.20. The van der Waals surface area contributed by atoms with E-state index in [0.717, 1.165) is 10.0 Å². The van der Waals surface area contributed by atoms with Crippen LogP contribution in [0.15, 0.2) is 77.3 Å². The lowest BCUT2D eigenvalue weighted by atomic mass is 10.1. The molecule has 0 fully saturated rings. The van der Waals surface area contributed by atoms with Crippen LogP contribution in [-0.2, 0) is 0 Å². The standard InChI is InChI=1S/C24H19BrO5/c1-28-21-4-3-5-22(29-2)23(21)24(27)30-19-13-6-16(7-14-19)8-15-20(26)17-9-11-18(25)12-10-17/h3-15H,1-2H3/b15-8+. The summed E-state index contributed by atoms with van der Waals surface area (Å²) in [7, 11) is 2.95. The van der Waals surface area contributed by atoms with E-state index in [4.69, 9.17) is 14.2 Å². The molecule has 0 N–H and O–H groups in total. The Bertz CT molecular complexity index is 1050. The summed E-state index contributed by atoms with van der Waals surface area (Å²) in [6, 6.07) is 19.0. The van der Waals surface area contributed by atoms with Crippen LogP contribution in [0.5, 0.6) is 17.2 Å². The lowest BCUT2D eigenvalue weighted by molar-refractivity contribution is 0.0727. The first-order valence-corrected chi connectivity index (χ1v) is 9.82. The Morgan fingerprint density at radius 2 is 1.43 bits per heavy atom. The third kappa shape index (κ3) is 5.15. The molecule has 3 aromatic carbocycles. The summed E-state index contributed by atoms with van der Waals surface area (Å²) in [6.07, 6.45) is 3.21. The van der Waals surface area contributed by atoms with E-state index < -0.39 is 5.97 Å². The largest absolute Gasteiger partial charge is 0.496 e. The minimum atomic E-state index is -0.585. The molecule has 0 amide bonds. The first-order chi connectivity index (χ1) is 14.5. The second-order valence-electron chi connectivity index (χ2n) is 6.20. The molecule has 5 nitrogen and oxygen atoms in total. The van der Waals surface area contributed by atoms with Crippen molar-refractivity contribution in [2.24, 2.45) is 0 Å². The minimum absolute atomic E-state index is 0.0960. The molecule has 0 heterocycles. The first kappa shape index (κ1) is 21.3. The van der Waals surface area contributed by atoms with Gasteiger partial charge in [-0.1, -0.05) is 40.2 Å². The normalized spacial score (nSPS) is 10.6. The zero-order valence-electron chi connectivity index (χ0n) is 16.4. The molecular weight excluding hydrogens is 448 g/mol. The Hall–Kier alpha value is -3.38. The second kappa shape index (κ2) is 9.89. The van der Waals surface area contributed by atoms with Crippen molar-refractivity contribution in [1.82, 2.24) is 0 Å². The smallest absolute Gasteiger partial charge is 0.351 e. The van der Waals surface area contributed by atoms with Gasteiger partial charge in [-0.25, -0.2) is 4.79 Å². The van der Waals surface area contributed by atoms with E-state index in [1.54, 1.807) is 60.7 Å².